The van der Waals surface area contributed by atoms with Crippen molar-refractivity contribution in [2.75, 3.05) is 39.6 Å². The fourth-order valence-electron chi connectivity index (χ4n) is 4.70. The molecule has 1 saturated carbocycles. The highest BCUT2D eigenvalue weighted by atomic mass is 35.5. The number of halogens is 2. The van der Waals surface area contributed by atoms with Gasteiger partial charge >= 0.3 is 11.8 Å². The normalized spacial score (nSPS) is 19.9. The van der Waals surface area contributed by atoms with Crippen LogP contribution in [-0.4, -0.2) is 90.8 Å². The number of nitrogens with zero attached hydrogens (tertiary/aromatic N) is 4. The molecule has 4 rings (SSSR count). The highest BCUT2D eigenvalue weighted by molar-refractivity contribution is 7.13. The van der Waals surface area contributed by atoms with E-state index < -0.39 is 29.8 Å². The number of aromatic nitrogens is 1. The van der Waals surface area contributed by atoms with Gasteiger partial charge in [0.05, 0.1) is 22.6 Å². The summed E-state index contributed by atoms with van der Waals surface area (Å²) in [5, 5.41) is 10.6. The Kier molecular flexibility index (Phi) is 10.1. The van der Waals surface area contributed by atoms with Gasteiger partial charge in [-0.2, -0.15) is 0 Å². The monoisotopic (exact) mass is 623 g/mol. The third-order valence-electron chi connectivity index (χ3n) is 6.76. The molecule has 0 radical (unpaired) electrons. The van der Waals surface area contributed by atoms with Crippen LogP contribution in [0.25, 0.3) is 0 Å². The molecule has 0 saturated heterocycles. The number of ether oxygens (including phenoxy) is 1. The number of rotatable bonds is 7. The Hall–Kier alpha value is -3.42. The summed E-state index contributed by atoms with van der Waals surface area (Å²) < 4.78 is 5.48. The third kappa shape index (κ3) is 7.66. The van der Waals surface area contributed by atoms with Gasteiger partial charge in [0.2, 0.25) is 5.91 Å². The largest absolute Gasteiger partial charge is 0.463 e. The van der Waals surface area contributed by atoms with E-state index in [1.165, 1.54) is 34.6 Å². The van der Waals surface area contributed by atoms with Crippen LogP contribution in [0.2, 0.25) is 10.0 Å². The number of carbonyl (C=O) groups excluding carboxylic acids is 4. The summed E-state index contributed by atoms with van der Waals surface area (Å²) in [5.41, 5.74) is 0.740. The first kappa shape index (κ1) is 30.5. The van der Waals surface area contributed by atoms with E-state index in [0.717, 1.165) is 5.56 Å². The molecule has 0 aromatic carbocycles. The lowest BCUT2D eigenvalue weighted by atomic mass is 9.81. The molecule has 2 aromatic heterocycles. The molecule has 4 amide bonds. The molecule has 2 aromatic rings. The number of hydrogen-bond donors (Lipinski definition) is 3. The molecule has 3 N–H and O–H groups in total. The van der Waals surface area contributed by atoms with Crippen LogP contribution < -0.4 is 16.0 Å². The van der Waals surface area contributed by atoms with Gasteiger partial charge in [0.25, 0.3) is 11.9 Å². The van der Waals surface area contributed by atoms with Gasteiger partial charge in [0.15, 0.2) is 0 Å². The second-order valence-electron chi connectivity index (χ2n) is 9.99. The van der Waals surface area contributed by atoms with E-state index in [-0.39, 0.29) is 24.1 Å². The maximum Gasteiger partial charge on any atom is 0.314 e. The smallest absolute Gasteiger partial charge is 0.314 e. The molecule has 3 heterocycles. The number of anilines is 1. The SMILES string of the molecule is CN(C)C(=O)[C@H]1CC[C@H](NC(=O)C(=O)Nc2ccc(Cl)cn2)[C@H](NC(=O)c2scc(CN(C)C3=NCCO3)c2Cl)C1. The molecule has 0 unspecified atom stereocenters. The Morgan fingerprint density at radius 1 is 1.07 bits per heavy atom. The third-order valence-corrected chi connectivity index (χ3v) is 8.55. The average molecular weight is 625 g/mol. The summed E-state index contributed by atoms with van der Waals surface area (Å²) >= 11 is 13.6. The number of amidine groups is 1. The number of nitrogens with one attached hydrogen (secondary N) is 3. The molecule has 0 bridgehead atoms. The van der Waals surface area contributed by atoms with E-state index in [4.69, 9.17) is 27.9 Å². The molecular formula is C26H31Cl2N7O5S. The highest BCUT2D eigenvalue weighted by Gasteiger charge is 2.37. The predicted octanol–water partition coefficient (Wildman–Crippen LogP) is 2.38. The lowest BCUT2D eigenvalue weighted by Gasteiger charge is -2.37. The van der Waals surface area contributed by atoms with Crippen LogP contribution in [0.5, 0.6) is 0 Å². The second kappa shape index (κ2) is 13.5. The lowest BCUT2D eigenvalue weighted by Crippen LogP contribution is -2.57. The number of amides is 4. The lowest BCUT2D eigenvalue weighted by molar-refractivity contribution is -0.137. The zero-order valence-corrected chi connectivity index (χ0v) is 25.1. The first-order valence-electron chi connectivity index (χ1n) is 12.9. The van der Waals surface area contributed by atoms with Crippen molar-refractivity contribution in [2.45, 2.75) is 37.9 Å². The molecular weight excluding hydrogens is 593 g/mol. The Morgan fingerprint density at radius 2 is 1.85 bits per heavy atom. The molecule has 0 spiro atoms. The van der Waals surface area contributed by atoms with Crippen molar-refractivity contribution in [3.8, 4) is 0 Å². The number of pyridine rings is 1. The van der Waals surface area contributed by atoms with Crippen LogP contribution in [-0.2, 0) is 25.7 Å². The summed E-state index contributed by atoms with van der Waals surface area (Å²) in [6.45, 7) is 1.53. The van der Waals surface area contributed by atoms with E-state index in [1.54, 1.807) is 19.5 Å². The van der Waals surface area contributed by atoms with Crippen molar-refractivity contribution >= 4 is 70.0 Å². The van der Waals surface area contributed by atoms with Gasteiger partial charge in [-0.3, -0.25) is 19.2 Å². The van der Waals surface area contributed by atoms with Crippen LogP contribution >= 0.6 is 34.5 Å². The molecule has 2 aliphatic rings. The molecule has 41 heavy (non-hydrogen) atoms. The maximum atomic E-state index is 13.4. The van der Waals surface area contributed by atoms with E-state index >= 15 is 0 Å². The van der Waals surface area contributed by atoms with Crippen LogP contribution in [0, 0.1) is 5.92 Å². The van der Waals surface area contributed by atoms with Gasteiger partial charge in [0, 0.05) is 51.4 Å². The summed E-state index contributed by atoms with van der Waals surface area (Å²) in [5.74, 6) is -2.49. The minimum absolute atomic E-state index is 0.0721. The van der Waals surface area contributed by atoms with Crippen molar-refractivity contribution in [3.63, 3.8) is 0 Å². The van der Waals surface area contributed by atoms with Gasteiger partial charge in [-0.1, -0.05) is 23.2 Å². The van der Waals surface area contributed by atoms with Crippen LogP contribution in [0.3, 0.4) is 0 Å². The molecule has 220 valence electrons. The number of hydrogen-bond acceptors (Lipinski definition) is 9. The topological polar surface area (TPSA) is 145 Å². The number of aliphatic imine (C=N–C) groups is 1. The van der Waals surface area contributed by atoms with Crippen molar-refractivity contribution in [3.05, 3.63) is 44.2 Å². The quantitative estimate of drug-likeness (QED) is 0.401. The average Bonchev–Trinajstić information content (AvgIpc) is 3.61. The number of thiophene rings is 1. The van der Waals surface area contributed by atoms with Crippen molar-refractivity contribution in [2.24, 2.45) is 10.9 Å². The molecule has 3 atom stereocenters. The Bertz CT molecular complexity index is 1330. The van der Waals surface area contributed by atoms with Crippen molar-refractivity contribution < 1.29 is 23.9 Å². The number of carbonyl (C=O) groups is 4. The fraction of sp³-hybridized carbons (Fsp3) is 0.462. The zero-order chi connectivity index (χ0) is 29.7. The van der Waals surface area contributed by atoms with Crippen LogP contribution in [0.15, 0.2) is 28.7 Å². The minimum Gasteiger partial charge on any atom is -0.463 e. The molecule has 15 heteroatoms. The van der Waals surface area contributed by atoms with Gasteiger partial charge in [-0.05, 0) is 36.8 Å². The van der Waals surface area contributed by atoms with Crippen LogP contribution in [0.1, 0.15) is 34.5 Å². The molecule has 1 aliphatic carbocycles. The van der Waals surface area contributed by atoms with E-state index in [9.17, 15) is 19.2 Å². The van der Waals surface area contributed by atoms with E-state index in [2.05, 4.69) is 25.9 Å². The highest BCUT2D eigenvalue weighted by Crippen LogP contribution is 2.31. The molecule has 1 aliphatic heterocycles. The first-order valence-corrected chi connectivity index (χ1v) is 14.6. The van der Waals surface area contributed by atoms with Gasteiger partial charge in [-0.25, -0.2) is 9.98 Å². The molecule has 12 nitrogen and oxygen atoms in total. The fourth-order valence-corrected chi connectivity index (χ4v) is 6.06. The second-order valence-corrected chi connectivity index (χ2v) is 11.7. The first-order chi connectivity index (χ1) is 19.5. The van der Waals surface area contributed by atoms with Gasteiger partial charge < -0.3 is 30.5 Å². The molecule has 1 fully saturated rings. The maximum absolute atomic E-state index is 13.4. The van der Waals surface area contributed by atoms with Crippen molar-refractivity contribution in [1.82, 2.24) is 25.4 Å². The Morgan fingerprint density at radius 3 is 2.51 bits per heavy atom. The minimum atomic E-state index is -0.915. The zero-order valence-electron chi connectivity index (χ0n) is 22.8. The van der Waals surface area contributed by atoms with Gasteiger partial charge in [0.1, 0.15) is 17.3 Å². The predicted molar refractivity (Wildman–Crippen MR) is 156 cm³/mol. The summed E-state index contributed by atoms with van der Waals surface area (Å²) in [4.78, 5) is 63.3. The van der Waals surface area contributed by atoms with E-state index in [0.29, 0.717) is 53.5 Å². The Balaban J connectivity index is 1.45. The van der Waals surface area contributed by atoms with Gasteiger partial charge in [-0.15, -0.1) is 11.3 Å². The standard InChI is InChI=1S/C26H31Cl2N7O5S/c1-34(2)25(39)14-4-6-17(31-23(37)24(38)33-19-7-5-16(27)11-30-19)18(10-14)32-22(36)21-20(28)15(13-41-21)12-35(3)26-29-8-9-40-26/h5,7,11,13-14,17-18H,4,6,8-10,12H2,1-3H3,(H,31,37)(H,32,36)(H,30,33,38)/t14-,17-,18+/m0/s1. The summed E-state index contributed by atoms with van der Waals surface area (Å²) in [6, 6.07) is 2.31. The summed E-state index contributed by atoms with van der Waals surface area (Å²) in [6.07, 6.45) is 2.49. The van der Waals surface area contributed by atoms with E-state index in [1.807, 2.05) is 11.9 Å². The van der Waals surface area contributed by atoms with Crippen LogP contribution in [0.4, 0.5) is 5.82 Å². The summed E-state index contributed by atoms with van der Waals surface area (Å²) in [7, 11) is 5.17. The van der Waals surface area contributed by atoms with Crippen molar-refractivity contribution in [1.29, 1.82) is 0 Å². The Labute approximate surface area is 251 Å².